The summed E-state index contributed by atoms with van der Waals surface area (Å²) in [6, 6.07) is 18.0. The first-order chi connectivity index (χ1) is 13.5. The zero-order valence-electron chi connectivity index (χ0n) is 16.3. The van der Waals surface area contributed by atoms with Crippen molar-refractivity contribution in [3.05, 3.63) is 82.4 Å². The van der Waals surface area contributed by atoms with Crippen LogP contribution in [0.25, 0.3) is 11.1 Å². The molecule has 4 heteroatoms. The zero-order valence-corrected chi connectivity index (χ0v) is 16.3. The highest BCUT2D eigenvalue weighted by molar-refractivity contribution is 6.07. The van der Waals surface area contributed by atoms with E-state index in [9.17, 15) is 4.79 Å². The van der Waals surface area contributed by atoms with Crippen molar-refractivity contribution >= 4 is 17.3 Å². The summed E-state index contributed by atoms with van der Waals surface area (Å²) in [5, 5.41) is 6.37. The van der Waals surface area contributed by atoms with E-state index in [1.165, 1.54) is 16.7 Å². The summed E-state index contributed by atoms with van der Waals surface area (Å²) >= 11 is 0. The van der Waals surface area contributed by atoms with E-state index in [2.05, 4.69) is 28.8 Å². The number of nitrogen functional groups attached to an aromatic ring is 1. The van der Waals surface area contributed by atoms with Gasteiger partial charge in [-0.05, 0) is 67.3 Å². The number of hydrogen-bond donors (Lipinski definition) is 3. The fraction of sp³-hybridized carbons (Fsp3) is 0.208. The average Bonchev–Trinajstić information content (AvgIpc) is 2.71. The molecule has 4 nitrogen and oxygen atoms in total. The predicted molar refractivity (Wildman–Crippen MR) is 116 cm³/mol. The quantitative estimate of drug-likeness (QED) is 0.596. The molecule has 0 spiro atoms. The Morgan fingerprint density at radius 3 is 2.57 bits per heavy atom. The van der Waals surface area contributed by atoms with Crippen LogP contribution in [0, 0.1) is 13.8 Å². The number of anilines is 2. The molecule has 0 aromatic heterocycles. The van der Waals surface area contributed by atoms with Crippen LogP contribution in [0.15, 0.2) is 54.6 Å². The molecule has 142 valence electrons. The van der Waals surface area contributed by atoms with E-state index >= 15 is 0 Å². The molecule has 4 rings (SSSR count). The van der Waals surface area contributed by atoms with Crippen molar-refractivity contribution in [2.45, 2.75) is 26.8 Å². The molecule has 0 bridgehead atoms. The Morgan fingerprint density at radius 2 is 1.79 bits per heavy atom. The molecule has 0 atom stereocenters. The van der Waals surface area contributed by atoms with Gasteiger partial charge in [0.25, 0.3) is 5.91 Å². The van der Waals surface area contributed by atoms with Crippen LogP contribution in [0.3, 0.4) is 0 Å². The third-order valence-electron chi connectivity index (χ3n) is 5.50. The Labute approximate surface area is 165 Å². The summed E-state index contributed by atoms with van der Waals surface area (Å²) in [4.78, 5) is 12.8. The molecule has 0 saturated carbocycles. The van der Waals surface area contributed by atoms with Gasteiger partial charge < -0.3 is 16.4 Å². The highest BCUT2D eigenvalue weighted by atomic mass is 16.1. The highest BCUT2D eigenvalue weighted by Crippen LogP contribution is 2.35. The Balaban J connectivity index is 1.68. The molecule has 0 fully saturated rings. The maximum absolute atomic E-state index is 12.8. The van der Waals surface area contributed by atoms with Gasteiger partial charge in [0, 0.05) is 29.0 Å². The lowest BCUT2D eigenvalue weighted by Crippen LogP contribution is -2.24. The summed E-state index contributed by atoms with van der Waals surface area (Å²) in [7, 11) is 0. The first-order valence-corrected chi connectivity index (χ1v) is 9.63. The zero-order chi connectivity index (χ0) is 19.7. The van der Waals surface area contributed by atoms with Crippen molar-refractivity contribution in [1.82, 2.24) is 5.32 Å². The first kappa shape index (κ1) is 18.3. The van der Waals surface area contributed by atoms with Crippen molar-refractivity contribution in [3.8, 4) is 11.1 Å². The Hall–Kier alpha value is -3.11. The summed E-state index contributed by atoms with van der Waals surface area (Å²) in [6.45, 7) is 5.80. The molecule has 1 amide bonds. The van der Waals surface area contributed by atoms with Crippen molar-refractivity contribution in [2.24, 2.45) is 0 Å². The number of carbonyl (C=O) groups is 1. The van der Waals surface area contributed by atoms with E-state index in [1.807, 2.05) is 50.2 Å². The second kappa shape index (κ2) is 7.49. The fourth-order valence-corrected chi connectivity index (χ4v) is 3.83. The van der Waals surface area contributed by atoms with Gasteiger partial charge in [0.05, 0.1) is 0 Å². The number of hydrogen-bond acceptors (Lipinski definition) is 3. The van der Waals surface area contributed by atoms with Crippen LogP contribution in [-0.2, 0) is 13.0 Å². The number of aryl methyl sites for hydroxylation is 1. The minimum absolute atomic E-state index is 0.140. The van der Waals surface area contributed by atoms with Crippen LogP contribution in [0.5, 0.6) is 0 Å². The van der Waals surface area contributed by atoms with Gasteiger partial charge in [-0.1, -0.05) is 42.0 Å². The van der Waals surface area contributed by atoms with Crippen molar-refractivity contribution in [2.75, 3.05) is 17.6 Å². The third-order valence-corrected chi connectivity index (χ3v) is 5.50. The van der Waals surface area contributed by atoms with Gasteiger partial charge in [-0.3, -0.25) is 4.79 Å². The predicted octanol–water partition coefficient (Wildman–Crippen LogP) is 4.45. The Bertz CT molecular complexity index is 1040. The van der Waals surface area contributed by atoms with E-state index in [-0.39, 0.29) is 5.91 Å². The maximum atomic E-state index is 12.8. The van der Waals surface area contributed by atoms with Gasteiger partial charge in [-0.25, -0.2) is 0 Å². The molecule has 1 aliphatic rings. The second-order valence-electron chi connectivity index (χ2n) is 7.39. The Kier molecular flexibility index (Phi) is 4.88. The normalized spacial score (nSPS) is 13.1. The molecule has 4 N–H and O–H groups in total. The smallest absolute Gasteiger partial charge is 0.256 e. The molecule has 0 radical (unpaired) electrons. The van der Waals surface area contributed by atoms with Crippen LogP contribution in [-0.4, -0.2) is 12.5 Å². The van der Waals surface area contributed by atoms with Crippen molar-refractivity contribution in [1.29, 1.82) is 0 Å². The van der Waals surface area contributed by atoms with E-state index in [0.29, 0.717) is 11.3 Å². The molecule has 1 heterocycles. The van der Waals surface area contributed by atoms with Gasteiger partial charge in [0.1, 0.15) is 0 Å². The van der Waals surface area contributed by atoms with Crippen LogP contribution in [0.1, 0.15) is 32.6 Å². The standard InChI is InChI=1S/C24H25N3O/c1-15-6-8-18(9-7-15)27-24(28)19-10-11-22(23(25)16(19)2)21-5-3-4-17-14-26-13-12-20(17)21/h3-11,26H,12-14,25H2,1-2H3,(H,27,28). The summed E-state index contributed by atoms with van der Waals surface area (Å²) in [5.74, 6) is -0.140. The maximum Gasteiger partial charge on any atom is 0.256 e. The minimum Gasteiger partial charge on any atom is -0.398 e. The molecule has 28 heavy (non-hydrogen) atoms. The minimum atomic E-state index is -0.140. The van der Waals surface area contributed by atoms with Gasteiger partial charge in [-0.2, -0.15) is 0 Å². The molecule has 1 aliphatic heterocycles. The molecule has 3 aromatic carbocycles. The van der Waals surface area contributed by atoms with Crippen molar-refractivity contribution < 1.29 is 4.79 Å². The summed E-state index contributed by atoms with van der Waals surface area (Å²) < 4.78 is 0. The largest absolute Gasteiger partial charge is 0.398 e. The fourth-order valence-electron chi connectivity index (χ4n) is 3.83. The van der Waals surface area contributed by atoms with Crippen LogP contribution in [0.4, 0.5) is 11.4 Å². The van der Waals surface area contributed by atoms with Gasteiger partial charge in [0.15, 0.2) is 0 Å². The number of benzene rings is 3. The molecule has 0 aliphatic carbocycles. The molecular formula is C24H25N3O. The second-order valence-corrected chi connectivity index (χ2v) is 7.39. The van der Waals surface area contributed by atoms with Crippen LogP contribution < -0.4 is 16.4 Å². The van der Waals surface area contributed by atoms with Crippen LogP contribution >= 0.6 is 0 Å². The molecular weight excluding hydrogens is 346 g/mol. The lowest BCUT2D eigenvalue weighted by Gasteiger charge is -2.22. The molecule has 0 unspecified atom stereocenters. The summed E-state index contributed by atoms with van der Waals surface area (Å²) in [6.07, 6.45) is 0.986. The molecule has 0 saturated heterocycles. The molecule has 3 aromatic rings. The lowest BCUT2D eigenvalue weighted by molar-refractivity contribution is 0.102. The third kappa shape index (κ3) is 3.39. The monoisotopic (exact) mass is 371 g/mol. The number of rotatable bonds is 3. The van der Waals surface area contributed by atoms with E-state index in [4.69, 9.17) is 5.73 Å². The number of amides is 1. The number of carbonyl (C=O) groups excluding carboxylic acids is 1. The number of nitrogens with one attached hydrogen (secondary N) is 2. The highest BCUT2D eigenvalue weighted by Gasteiger charge is 2.18. The number of nitrogens with two attached hydrogens (primary N) is 1. The SMILES string of the molecule is Cc1ccc(NC(=O)c2ccc(-c3cccc4c3CCNC4)c(N)c2C)cc1. The summed E-state index contributed by atoms with van der Waals surface area (Å²) in [5.41, 5.74) is 15.4. The van der Waals surface area contributed by atoms with Gasteiger partial charge in [-0.15, -0.1) is 0 Å². The number of fused-ring (bicyclic) bond motifs is 1. The van der Waals surface area contributed by atoms with E-state index < -0.39 is 0 Å². The van der Waals surface area contributed by atoms with Gasteiger partial charge >= 0.3 is 0 Å². The topological polar surface area (TPSA) is 67.2 Å². The van der Waals surface area contributed by atoms with Gasteiger partial charge in [0.2, 0.25) is 0 Å². The lowest BCUT2D eigenvalue weighted by atomic mass is 9.89. The average molecular weight is 371 g/mol. The van der Waals surface area contributed by atoms with E-state index in [0.717, 1.165) is 41.9 Å². The van der Waals surface area contributed by atoms with Crippen LogP contribution in [0.2, 0.25) is 0 Å². The first-order valence-electron chi connectivity index (χ1n) is 9.63. The van der Waals surface area contributed by atoms with Crippen molar-refractivity contribution in [3.63, 3.8) is 0 Å². The van der Waals surface area contributed by atoms with E-state index in [1.54, 1.807) is 0 Å². The Morgan fingerprint density at radius 1 is 1.00 bits per heavy atom.